The summed E-state index contributed by atoms with van der Waals surface area (Å²) in [6, 6.07) is 0. The van der Waals surface area contributed by atoms with Crippen LogP contribution in [-0.2, 0) is 0 Å². The van der Waals surface area contributed by atoms with E-state index in [1.807, 2.05) is 0 Å². The van der Waals surface area contributed by atoms with Crippen LogP contribution in [0.5, 0.6) is 0 Å². The Hall–Kier alpha value is -1.17. The van der Waals surface area contributed by atoms with E-state index < -0.39 is 4.92 Å². The summed E-state index contributed by atoms with van der Waals surface area (Å²) in [5, 5.41) is 14.0. The lowest BCUT2D eigenvalue weighted by molar-refractivity contribution is -0.385. The zero-order valence-corrected chi connectivity index (χ0v) is 11.9. The minimum atomic E-state index is -0.411. The van der Waals surface area contributed by atoms with Crippen molar-refractivity contribution in [3.05, 3.63) is 26.3 Å². The predicted molar refractivity (Wildman–Crippen MR) is 73.8 cm³/mol. The second-order valence-electron chi connectivity index (χ2n) is 4.70. The molecule has 0 atom stereocenters. The molecule has 0 bridgehead atoms. The van der Waals surface area contributed by atoms with Gasteiger partial charge in [-0.25, -0.2) is 4.98 Å². The summed E-state index contributed by atoms with van der Waals surface area (Å²) in [6.45, 7) is 2.59. The largest absolute Gasteiger partial charge is 0.369 e. The van der Waals surface area contributed by atoms with Crippen molar-refractivity contribution in [2.75, 3.05) is 11.9 Å². The van der Waals surface area contributed by atoms with E-state index in [9.17, 15) is 10.1 Å². The zero-order valence-electron chi connectivity index (χ0n) is 10.3. The minimum Gasteiger partial charge on any atom is -0.369 e. The van der Waals surface area contributed by atoms with E-state index in [0.717, 1.165) is 18.9 Å². The minimum absolute atomic E-state index is 0.0476. The molecule has 0 radical (unpaired) electrons. The molecule has 98 valence electrons. The number of anilines is 1. The van der Waals surface area contributed by atoms with Crippen molar-refractivity contribution in [2.45, 2.75) is 32.6 Å². The van der Waals surface area contributed by atoms with Gasteiger partial charge in [-0.2, -0.15) is 0 Å². The SMILES string of the molecule is Cc1c([N+](=O)[O-])cnc(NCCC2CCC2)c1Br. The second-order valence-corrected chi connectivity index (χ2v) is 5.49. The van der Waals surface area contributed by atoms with E-state index in [1.165, 1.54) is 25.5 Å². The molecule has 0 unspecified atom stereocenters. The number of hydrogen-bond donors (Lipinski definition) is 1. The summed E-state index contributed by atoms with van der Waals surface area (Å²) in [6.07, 6.45) is 6.46. The maximum absolute atomic E-state index is 10.8. The van der Waals surface area contributed by atoms with Crippen LogP contribution in [0.1, 0.15) is 31.2 Å². The highest BCUT2D eigenvalue weighted by Crippen LogP contribution is 2.32. The number of rotatable bonds is 5. The Morgan fingerprint density at radius 3 is 2.89 bits per heavy atom. The fourth-order valence-corrected chi connectivity index (χ4v) is 2.50. The molecular weight excluding hydrogens is 298 g/mol. The first-order chi connectivity index (χ1) is 8.59. The van der Waals surface area contributed by atoms with Crippen molar-refractivity contribution in [1.29, 1.82) is 0 Å². The molecule has 1 saturated carbocycles. The van der Waals surface area contributed by atoms with Crippen molar-refractivity contribution in [3.63, 3.8) is 0 Å². The fourth-order valence-electron chi connectivity index (χ4n) is 2.05. The molecular formula is C12H16BrN3O2. The topological polar surface area (TPSA) is 68.1 Å². The third-order valence-electron chi connectivity index (χ3n) is 3.50. The number of pyridine rings is 1. The highest BCUT2D eigenvalue weighted by Gasteiger charge is 2.19. The van der Waals surface area contributed by atoms with E-state index in [-0.39, 0.29) is 5.69 Å². The average Bonchev–Trinajstić information content (AvgIpc) is 2.27. The Morgan fingerprint density at radius 1 is 1.61 bits per heavy atom. The Balaban J connectivity index is 1.99. The van der Waals surface area contributed by atoms with Gasteiger partial charge in [0.05, 0.1) is 9.40 Å². The zero-order chi connectivity index (χ0) is 13.1. The normalized spacial score (nSPS) is 15.2. The summed E-state index contributed by atoms with van der Waals surface area (Å²) in [7, 11) is 0. The molecule has 6 heteroatoms. The third kappa shape index (κ3) is 2.80. The van der Waals surface area contributed by atoms with Crippen LogP contribution < -0.4 is 5.32 Å². The number of aromatic nitrogens is 1. The van der Waals surface area contributed by atoms with E-state index in [4.69, 9.17) is 0 Å². The summed E-state index contributed by atoms with van der Waals surface area (Å²) < 4.78 is 0.685. The molecule has 1 heterocycles. The lowest BCUT2D eigenvalue weighted by Gasteiger charge is -2.25. The highest BCUT2D eigenvalue weighted by molar-refractivity contribution is 9.10. The second kappa shape index (κ2) is 5.65. The van der Waals surface area contributed by atoms with Crippen LogP contribution in [0.25, 0.3) is 0 Å². The smallest absolute Gasteiger partial charge is 0.291 e. The maximum atomic E-state index is 10.8. The first kappa shape index (κ1) is 13.3. The number of nitrogens with zero attached hydrogens (tertiary/aromatic N) is 2. The van der Waals surface area contributed by atoms with Gasteiger partial charge in [-0.3, -0.25) is 10.1 Å². The molecule has 1 aromatic heterocycles. The van der Waals surface area contributed by atoms with Gasteiger partial charge in [0.1, 0.15) is 12.0 Å². The molecule has 1 aliphatic rings. The first-order valence-electron chi connectivity index (χ1n) is 6.13. The molecule has 0 aliphatic heterocycles. The average molecular weight is 314 g/mol. The van der Waals surface area contributed by atoms with E-state index in [0.29, 0.717) is 15.9 Å². The lowest BCUT2D eigenvalue weighted by atomic mass is 9.83. The van der Waals surface area contributed by atoms with Gasteiger partial charge in [0.2, 0.25) is 0 Å². The first-order valence-corrected chi connectivity index (χ1v) is 6.92. The summed E-state index contributed by atoms with van der Waals surface area (Å²) >= 11 is 3.37. The lowest BCUT2D eigenvalue weighted by Crippen LogP contribution is -2.16. The summed E-state index contributed by atoms with van der Waals surface area (Å²) in [5.74, 6) is 1.54. The molecule has 1 aromatic rings. The number of halogens is 1. The summed E-state index contributed by atoms with van der Waals surface area (Å²) in [5.41, 5.74) is 0.660. The number of hydrogen-bond acceptors (Lipinski definition) is 4. The molecule has 1 N–H and O–H groups in total. The van der Waals surface area contributed by atoms with Crippen LogP contribution in [0.4, 0.5) is 11.5 Å². The molecule has 0 aromatic carbocycles. The number of nitrogens with one attached hydrogen (secondary N) is 1. The van der Waals surface area contributed by atoms with Gasteiger partial charge in [-0.1, -0.05) is 19.3 Å². The van der Waals surface area contributed by atoms with Gasteiger partial charge in [0.15, 0.2) is 0 Å². The molecule has 18 heavy (non-hydrogen) atoms. The molecule has 1 aliphatic carbocycles. The summed E-state index contributed by atoms with van der Waals surface area (Å²) in [4.78, 5) is 14.4. The quantitative estimate of drug-likeness (QED) is 0.665. The van der Waals surface area contributed by atoms with Gasteiger partial charge in [-0.05, 0) is 35.2 Å². The molecule has 0 spiro atoms. The van der Waals surface area contributed by atoms with Crippen LogP contribution in [0.15, 0.2) is 10.7 Å². The van der Waals surface area contributed by atoms with Gasteiger partial charge >= 0.3 is 0 Å². The van der Waals surface area contributed by atoms with Gasteiger partial charge in [-0.15, -0.1) is 0 Å². The Morgan fingerprint density at radius 2 is 2.33 bits per heavy atom. The van der Waals surface area contributed by atoms with Crippen LogP contribution in [0.3, 0.4) is 0 Å². The standard InChI is InChI=1S/C12H16BrN3O2/c1-8-10(16(17)18)7-15-12(11(8)13)14-6-5-9-3-2-4-9/h7,9H,2-6H2,1H3,(H,14,15). The molecule has 0 amide bonds. The van der Waals surface area contributed by atoms with Crippen molar-refractivity contribution < 1.29 is 4.92 Å². The molecule has 0 saturated heterocycles. The van der Waals surface area contributed by atoms with Crippen molar-refractivity contribution in [3.8, 4) is 0 Å². The van der Waals surface area contributed by atoms with Crippen molar-refractivity contribution >= 4 is 27.4 Å². The Kier molecular flexibility index (Phi) is 4.16. The van der Waals surface area contributed by atoms with Gasteiger partial charge in [0, 0.05) is 12.1 Å². The number of nitro groups is 1. The van der Waals surface area contributed by atoms with E-state index in [2.05, 4.69) is 26.2 Å². The Labute approximate surface area is 114 Å². The molecule has 2 rings (SSSR count). The van der Waals surface area contributed by atoms with Crippen molar-refractivity contribution in [1.82, 2.24) is 4.98 Å². The molecule has 1 fully saturated rings. The predicted octanol–water partition coefficient (Wildman–Crippen LogP) is 3.66. The maximum Gasteiger partial charge on any atom is 0.291 e. The fraction of sp³-hybridized carbons (Fsp3) is 0.583. The monoisotopic (exact) mass is 313 g/mol. The van der Waals surface area contributed by atoms with Crippen molar-refractivity contribution in [2.24, 2.45) is 5.92 Å². The van der Waals surface area contributed by atoms with Gasteiger partial charge < -0.3 is 5.32 Å². The molecule has 5 nitrogen and oxygen atoms in total. The van der Waals surface area contributed by atoms with Crippen LogP contribution in [-0.4, -0.2) is 16.5 Å². The Bertz CT molecular complexity index is 461. The van der Waals surface area contributed by atoms with E-state index in [1.54, 1.807) is 6.92 Å². The van der Waals surface area contributed by atoms with E-state index >= 15 is 0 Å². The third-order valence-corrected chi connectivity index (χ3v) is 4.47. The van der Waals surface area contributed by atoms with Crippen LogP contribution in [0, 0.1) is 23.0 Å². The van der Waals surface area contributed by atoms with Crippen LogP contribution in [0.2, 0.25) is 0 Å². The van der Waals surface area contributed by atoms with Crippen LogP contribution >= 0.6 is 15.9 Å². The highest BCUT2D eigenvalue weighted by atomic mass is 79.9. The van der Waals surface area contributed by atoms with Gasteiger partial charge in [0.25, 0.3) is 5.69 Å².